The molecule has 1 aromatic carbocycles. The molecule has 0 amide bonds. The number of nitrogens with two attached hydrogens (primary N) is 1. The lowest BCUT2D eigenvalue weighted by atomic mass is 9.68. The molecule has 2 N–H and O–H groups in total. The molecule has 0 radical (unpaired) electrons. The van der Waals surface area contributed by atoms with Crippen LogP contribution in [0.5, 0.6) is 0 Å². The molecule has 2 nitrogen and oxygen atoms in total. The molecule has 0 spiro atoms. The smallest absolute Gasteiger partial charge is 0.127 e. The molecule has 1 atom stereocenters. The second kappa shape index (κ2) is 6.23. The fourth-order valence-electron chi connectivity index (χ4n) is 3.19. The highest BCUT2D eigenvalue weighted by atomic mass is 35.5. The summed E-state index contributed by atoms with van der Waals surface area (Å²) in [6.07, 6.45) is 4.48. The fraction of sp³-hybridized carbons (Fsp3) is 0.647. The van der Waals surface area contributed by atoms with Gasteiger partial charge in [-0.25, -0.2) is 4.39 Å². The van der Waals surface area contributed by atoms with Crippen LogP contribution in [0.25, 0.3) is 0 Å². The lowest BCUT2D eigenvalue weighted by molar-refractivity contribution is -0.0782. The van der Waals surface area contributed by atoms with E-state index in [1.54, 1.807) is 19.2 Å². The van der Waals surface area contributed by atoms with Crippen LogP contribution >= 0.6 is 11.6 Å². The van der Waals surface area contributed by atoms with Gasteiger partial charge < -0.3 is 10.5 Å². The first-order valence-electron chi connectivity index (χ1n) is 7.53. The van der Waals surface area contributed by atoms with Crippen molar-refractivity contribution in [3.05, 3.63) is 34.6 Å². The van der Waals surface area contributed by atoms with E-state index in [9.17, 15) is 4.39 Å². The highest BCUT2D eigenvalue weighted by Gasteiger charge is 2.42. The van der Waals surface area contributed by atoms with Crippen molar-refractivity contribution in [1.29, 1.82) is 0 Å². The van der Waals surface area contributed by atoms with Gasteiger partial charge >= 0.3 is 0 Å². The number of ether oxygens (including phenoxy) is 1. The monoisotopic (exact) mass is 313 g/mol. The summed E-state index contributed by atoms with van der Waals surface area (Å²) in [5.74, 6) is -0.291. The average molecular weight is 314 g/mol. The minimum atomic E-state index is -0.346. The minimum Gasteiger partial charge on any atom is -0.377 e. The van der Waals surface area contributed by atoms with Crippen molar-refractivity contribution in [3.8, 4) is 0 Å². The van der Waals surface area contributed by atoms with E-state index in [1.165, 1.54) is 6.07 Å². The van der Waals surface area contributed by atoms with E-state index in [0.29, 0.717) is 22.4 Å². The van der Waals surface area contributed by atoms with Crippen molar-refractivity contribution in [2.24, 2.45) is 11.1 Å². The number of halogens is 2. The minimum absolute atomic E-state index is 0.214. The Kier molecular flexibility index (Phi) is 4.96. The third kappa shape index (κ3) is 3.77. The summed E-state index contributed by atoms with van der Waals surface area (Å²) in [6.45, 7) is 4.55. The lowest BCUT2D eigenvalue weighted by Crippen LogP contribution is -2.53. The van der Waals surface area contributed by atoms with Gasteiger partial charge in [0.05, 0.1) is 5.60 Å². The molecular formula is C17H25ClFNO. The van der Waals surface area contributed by atoms with E-state index >= 15 is 0 Å². The van der Waals surface area contributed by atoms with Crippen LogP contribution in [0.15, 0.2) is 18.2 Å². The van der Waals surface area contributed by atoms with E-state index in [0.717, 1.165) is 25.7 Å². The van der Waals surface area contributed by atoms with Gasteiger partial charge in [-0.2, -0.15) is 0 Å². The molecule has 1 aromatic rings. The van der Waals surface area contributed by atoms with Crippen LogP contribution in [0.1, 0.15) is 45.1 Å². The Morgan fingerprint density at radius 2 is 1.90 bits per heavy atom. The molecule has 0 heterocycles. The molecule has 0 bridgehead atoms. The zero-order valence-corrected chi connectivity index (χ0v) is 13.8. The van der Waals surface area contributed by atoms with Crippen molar-refractivity contribution in [2.45, 2.75) is 57.6 Å². The Morgan fingerprint density at radius 3 is 2.43 bits per heavy atom. The van der Waals surface area contributed by atoms with Crippen LogP contribution in [0, 0.1) is 11.2 Å². The predicted molar refractivity (Wildman–Crippen MR) is 85.1 cm³/mol. The molecule has 2 rings (SSSR count). The summed E-state index contributed by atoms with van der Waals surface area (Å²) in [5, 5.41) is 0.408. The standard InChI is InChI=1S/C17H25ClFNO/c1-16(2)6-8-17(21-3,9-7-16)15(20)10-12-4-5-13(18)11-14(12)19/h4-5,11,15H,6-10,20H2,1-3H3. The first kappa shape index (κ1) is 16.7. The van der Waals surface area contributed by atoms with Gasteiger partial charge in [0.15, 0.2) is 0 Å². The zero-order valence-electron chi connectivity index (χ0n) is 13.1. The van der Waals surface area contributed by atoms with Gasteiger partial charge in [0.1, 0.15) is 5.82 Å². The van der Waals surface area contributed by atoms with Crippen molar-refractivity contribution in [1.82, 2.24) is 0 Å². The Hall–Kier alpha value is -0.640. The predicted octanol–water partition coefficient (Wildman–Crippen LogP) is 4.33. The van der Waals surface area contributed by atoms with Crippen LogP contribution in [0.4, 0.5) is 4.39 Å². The summed E-state index contributed by atoms with van der Waals surface area (Å²) < 4.78 is 19.7. The first-order valence-corrected chi connectivity index (χ1v) is 7.90. The molecule has 1 saturated carbocycles. The van der Waals surface area contributed by atoms with Crippen LogP contribution < -0.4 is 5.73 Å². The van der Waals surface area contributed by atoms with E-state index in [-0.39, 0.29) is 17.5 Å². The second-order valence-corrected chi connectivity index (χ2v) is 7.42. The summed E-state index contributed by atoms with van der Waals surface area (Å²) >= 11 is 5.79. The summed E-state index contributed by atoms with van der Waals surface area (Å²) in [4.78, 5) is 0. The highest BCUT2D eigenvalue weighted by Crippen LogP contribution is 2.43. The topological polar surface area (TPSA) is 35.2 Å². The Morgan fingerprint density at radius 1 is 1.29 bits per heavy atom. The molecule has 1 fully saturated rings. The van der Waals surface area contributed by atoms with Gasteiger partial charge in [-0.1, -0.05) is 31.5 Å². The van der Waals surface area contributed by atoms with Gasteiger partial charge in [-0.15, -0.1) is 0 Å². The molecule has 0 aromatic heterocycles. The van der Waals surface area contributed by atoms with Gasteiger partial charge in [0, 0.05) is 18.2 Å². The molecule has 4 heteroatoms. The van der Waals surface area contributed by atoms with Crippen LogP contribution in [0.2, 0.25) is 5.02 Å². The Balaban J connectivity index is 2.12. The fourth-order valence-corrected chi connectivity index (χ4v) is 3.35. The van der Waals surface area contributed by atoms with Crippen LogP contribution in [-0.4, -0.2) is 18.8 Å². The molecule has 1 aliphatic rings. The summed E-state index contributed by atoms with van der Waals surface area (Å²) in [5.41, 5.74) is 7.00. The van der Waals surface area contributed by atoms with Gasteiger partial charge in [-0.05, 0) is 55.2 Å². The maximum absolute atomic E-state index is 13.9. The lowest BCUT2D eigenvalue weighted by Gasteiger charge is -2.46. The first-order chi connectivity index (χ1) is 9.78. The molecule has 118 valence electrons. The normalized spacial score (nSPS) is 22.0. The molecule has 0 aliphatic heterocycles. The highest BCUT2D eigenvalue weighted by molar-refractivity contribution is 6.30. The SMILES string of the molecule is COC1(C(N)Cc2ccc(Cl)cc2F)CCC(C)(C)CC1. The largest absolute Gasteiger partial charge is 0.377 e. The molecule has 0 saturated heterocycles. The molecule has 21 heavy (non-hydrogen) atoms. The number of hydrogen-bond acceptors (Lipinski definition) is 2. The second-order valence-electron chi connectivity index (χ2n) is 6.98. The summed E-state index contributed by atoms with van der Waals surface area (Å²) in [6, 6.07) is 4.55. The number of hydrogen-bond donors (Lipinski definition) is 1. The average Bonchev–Trinajstić information content (AvgIpc) is 2.42. The van der Waals surface area contributed by atoms with Crippen molar-refractivity contribution >= 4 is 11.6 Å². The van der Waals surface area contributed by atoms with Crippen molar-refractivity contribution < 1.29 is 9.13 Å². The van der Waals surface area contributed by atoms with Gasteiger partial charge in [0.2, 0.25) is 0 Å². The number of methoxy groups -OCH3 is 1. The Bertz CT molecular complexity index is 494. The molecule has 1 unspecified atom stereocenters. The van der Waals surface area contributed by atoms with E-state index < -0.39 is 0 Å². The van der Waals surface area contributed by atoms with Crippen molar-refractivity contribution in [2.75, 3.05) is 7.11 Å². The third-order valence-corrected chi connectivity index (χ3v) is 5.22. The Labute approximate surface area is 131 Å². The third-order valence-electron chi connectivity index (χ3n) is 4.99. The maximum atomic E-state index is 13.9. The van der Waals surface area contributed by atoms with E-state index in [2.05, 4.69) is 13.8 Å². The zero-order chi connectivity index (χ0) is 15.7. The molecule has 1 aliphatic carbocycles. The van der Waals surface area contributed by atoms with Gasteiger partial charge in [-0.3, -0.25) is 0 Å². The van der Waals surface area contributed by atoms with E-state index in [1.807, 2.05) is 0 Å². The van der Waals surface area contributed by atoms with Crippen LogP contribution in [-0.2, 0) is 11.2 Å². The van der Waals surface area contributed by atoms with E-state index in [4.69, 9.17) is 22.1 Å². The summed E-state index contributed by atoms with van der Waals surface area (Å²) in [7, 11) is 1.72. The maximum Gasteiger partial charge on any atom is 0.127 e. The van der Waals surface area contributed by atoms with Crippen molar-refractivity contribution in [3.63, 3.8) is 0 Å². The quantitative estimate of drug-likeness (QED) is 0.897. The molecular weight excluding hydrogens is 289 g/mol. The van der Waals surface area contributed by atoms with Gasteiger partial charge in [0.25, 0.3) is 0 Å². The number of benzene rings is 1. The van der Waals surface area contributed by atoms with Crippen LogP contribution in [0.3, 0.4) is 0 Å². The number of rotatable bonds is 4.